The molecule has 0 saturated heterocycles. The lowest BCUT2D eigenvalue weighted by Crippen LogP contribution is -2.40. The van der Waals surface area contributed by atoms with Crippen LogP contribution < -0.4 is 5.56 Å². The molecule has 1 aliphatic heterocycles. The largest absolute Gasteiger partial charge is 0.332 e. The van der Waals surface area contributed by atoms with Gasteiger partial charge in [0, 0.05) is 19.2 Å². The molecule has 0 unspecified atom stereocenters. The Balaban J connectivity index is 1.47. The second-order valence-corrected chi connectivity index (χ2v) is 7.49. The Labute approximate surface area is 162 Å². The van der Waals surface area contributed by atoms with Crippen LogP contribution in [0.15, 0.2) is 46.7 Å². The molecule has 1 aliphatic rings. The van der Waals surface area contributed by atoms with E-state index in [0.717, 1.165) is 16.8 Å². The van der Waals surface area contributed by atoms with Gasteiger partial charge < -0.3 is 4.90 Å². The number of pyridine rings is 1. The fraction of sp³-hybridized carbons (Fsp3) is 0.158. The van der Waals surface area contributed by atoms with Gasteiger partial charge in [-0.1, -0.05) is 6.07 Å². The molecule has 4 aromatic rings. The van der Waals surface area contributed by atoms with Crippen LogP contribution in [0.2, 0.25) is 0 Å². The van der Waals surface area contributed by atoms with Crippen molar-refractivity contribution < 1.29 is 9.18 Å². The summed E-state index contributed by atoms with van der Waals surface area (Å²) in [5.41, 5.74) is 2.19. The number of aromatic nitrogens is 4. The minimum atomic E-state index is -0.516. The number of thiophene rings is 1. The Kier molecular flexibility index (Phi) is 3.83. The van der Waals surface area contributed by atoms with E-state index in [1.54, 1.807) is 22.3 Å². The molecule has 0 atom stereocenters. The highest BCUT2D eigenvalue weighted by molar-refractivity contribution is 7.13. The van der Waals surface area contributed by atoms with Gasteiger partial charge in [-0.05, 0) is 29.6 Å². The van der Waals surface area contributed by atoms with Gasteiger partial charge >= 0.3 is 0 Å². The molecule has 5 heterocycles. The van der Waals surface area contributed by atoms with Crippen molar-refractivity contribution in [1.29, 1.82) is 0 Å². The number of hydrogen-bond donors (Lipinski definition) is 1. The average molecular weight is 395 g/mol. The maximum absolute atomic E-state index is 13.5. The number of rotatable bonds is 2. The molecule has 0 radical (unpaired) electrons. The molecule has 0 aliphatic carbocycles. The first kappa shape index (κ1) is 16.8. The summed E-state index contributed by atoms with van der Waals surface area (Å²) in [5.74, 6) is -0.772. The molecule has 5 rings (SSSR count). The van der Waals surface area contributed by atoms with Crippen LogP contribution >= 0.6 is 11.3 Å². The number of carbonyl (C=O) groups excluding carboxylic acids is 1. The van der Waals surface area contributed by atoms with Gasteiger partial charge in [0.1, 0.15) is 11.5 Å². The van der Waals surface area contributed by atoms with Crippen LogP contribution in [0.5, 0.6) is 0 Å². The van der Waals surface area contributed by atoms with Crippen LogP contribution in [-0.2, 0) is 13.0 Å². The highest BCUT2D eigenvalue weighted by Gasteiger charge is 2.27. The number of carbonyl (C=O) groups is 1. The minimum Gasteiger partial charge on any atom is -0.332 e. The summed E-state index contributed by atoms with van der Waals surface area (Å²) in [6.07, 6.45) is 1.58. The van der Waals surface area contributed by atoms with Crippen molar-refractivity contribution in [1.82, 2.24) is 24.5 Å². The smallest absolute Gasteiger partial charge is 0.274 e. The predicted octanol–water partition coefficient (Wildman–Crippen LogP) is 2.48. The first-order valence-electron chi connectivity index (χ1n) is 8.68. The molecule has 4 aromatic heterocycles. The molecule has 0 bridgehead atoms. The average Bonchev–Trinajstić information content (AvgIpc) is 3.40. The maximum atomic E-state index is 13.5. The van der Waals surface area contributed by atoms with Crippen molar-refractivity contribution >= 4 is 22.9 Å². The number of nitrogens with zero attached hydrogens (tertiary/aromatic N) is 4. The van der Waals surface area contributed by atoms with Gasteiger partial charge in [-0.2, -0.15) is 5.10 Å². The Morgan fingerprint density at radius 2 is 2.18 bits per heavy atom. The topological polar surface area (TPSA) is 83.4 Å². The van der Waals surface area contributed by atoms with Gasteiger partial charge in [0.15, 0.2) is 5.69 Å². The molecule has 1 amide bonds. The van der Waals surface area contributed by atoms with E-state index in [1.807, 2.05) is 17.5 Å². The summed E-state index contributed by atoms with van der Waals surface area (Å²) in [6.45, 7) is 0.567. The minimum absolute atomic E-state index is 0.126. The first-order chi connectivity index (χ1) is 13.6. The van der Waals surface area contributed by atoms with Gasteiger partial charge in [0.2, 0.25) is 0 Å². The van der Waals surface area contributed by atoms with E-state index < -0.39 is 5.82 Å². The van der Waals surface area contributed by atoms with Gasteiger partial charge in [0.05, 0.1) is 28.4 Å². The molecule has 140 valence electrons. The fourth-order valence-electron chi connectivity index (χ4n) is 3.40. The molecule has 0 aromatic carbocycles. The van der Waals surface area contributed by atoms with E-state index in [4.69, 9.17) is 0 Å². The lowest BCUT2D eigenvalue weighted by Gasteiger charge is -2.27. The zero-order valence-electron chi connectivity index (χ0n) is 14.6. The second kappa shape index (κ2) is 6.38. The molecule has 9 heteroatoms. The fourth-order valence-corrected chi connectivity index (χ4v) is 4.09. The number of halogens is 1. The normalized spacial score (nSPS) is 13.7. The lowest BCUT2D eigenvalue weighted by atomic mass is 10.1. The summed E-state index contributed by atoms with van der Waals surface area (Å²) in [6, 6.07) is 8.34. The summed E-state index contributed by atoms with van der Waals surface area (Å²) < 4.78 is 14.7. The molecular weight excluding hydrogens is 381 g/mol. The summed E-state index contributed by atoms with van der Waals surface area (Å²) >= 11 is 1.55. The highest BCUT2D eigenvalue weighted by atomic mass is 32.1. The summed E-state index contributed by atoms with van der Waals surface area (Å²) in [4.78, 5) is 32.7. The number of nitrogens with one attached hydrogen (secondary N) is 1. The quantitative estimate of drug-likeness (QED) is 0.565. The zero-order valence-corrected chi connectivity index (χ0v) is 15.4. The van der Waals surface area contributed by atoms with E-state index in [9.17, 15) is 14.0 Å². The van der Waals surface area contributed by atoms with E-state index in [2.05, 4.69) is 15.2 Å². The Bertz CT molecular complexity index is 1260. The van der Waals surface area contributed by atoms with Crippen molar-refractivity contribution in [3.8, 4) is 10.6 Å². The van der Waals surface area contributed by atoms with Gasteiger partial charge in [0.25, 0.3) is 11.5 Å². The van der Waals surface area contributed by atoms with E-state index in [1.165, 1.54) is 16.5 Å². The third kappa shape index (κ3) is 2.71. The van der Waals surface area contributed by atoms with Crippen molar-refractivity contribution in [3.63, 3.8) is 0 Å². The molecule has 0 spiro atoms. The van der Waals surface area contributed by atoms with Crippen molar-refractivity contribution in [2.45, 2.75) is 13.0 Å². The monoisotopic (exact) mass is 395 g/mol. The number of hydrogen-bond acceptors (Lipinski definition) is 5. The molecule has 0 fully saturated rings. The Morgan fingerprint density at radius 3 is 3.00 bits per heavy atom. The van der Waals surface area contributed by atoms with Crippen LogP contribution in [0.25, 0.3) is 16.2 Å². The highest BCUT2D eigenvalue weighted by Crippen LogP contribution is 2.24. The van der Waals surface area contributed by atoms with Crippen molar-refractivity contribution in [3.05, 3.63) is 75.0 Å². The standard InChI is InChI=1S/C19H14FN5O2S/c20-11-3-4-17-21-13-5-6-24(10-12(13)18(26)25(17)9-11)19(27)15-8-14(22-23-15)16-2-1-7-28-16/h1-4,7-9H,5-6,10H2,(H,22,23). The van der Waals surface area contributed by atoms with E-state index >= 15 is 0 Å². The van der Waals surface area contributed by atoms with Gasteiger partial charge in [-0.25, -0.2) is 9.37 Å². The van der Waals surface area contributed by atoms with Crippen LogP contribution in [0, 0.1) is 5.82 Å². The zero-order chi connectivity index (χ0) is 19.3. The van der Waals surface area contributed by atoms with Gasteiger partial charge in [-0.3, -0.25) is 19.1 Å². The second-order valence-electron chi connectivity index (χ2n) is 6.54. The maximum Gasteiger partial charge on any atom is 0.274 e. The number of fused-ring (bicyclic) bond motifs is 2. The summed E-state index contributed by atoms with van der Waals surface area (Å²) in [5, 5.41) is 8.96. The number of H-pyrrole nitrogens is 1. The van der Waals surface area contributed by atoms with Crippen LogP contribution in [0.3, 0.4) is 0 Å². The third-order valence-electron chi connectivity index (χ3n) is 4.80. The third-order valence-corrected chi connectivity index (χ3v) is 5.71. The molecule has 1 N–H and O–H groups in total. The van der Waals surface area contributed by atoms with Crippen LogP contribution in [0.4, 0.5) is 4.39 Å². The SMILES string of the molecule is O=C(c1cc(-c2cccs2)[nH]n1)N1CCc2nc3ccc(F)cn3c(=O)c2C1. The van der Waals surface area contributed by atoms with E-state index in [-0.39, 0.29) is 18.0 Å². The number of amides is 1. The molecule has 7 nitrogen and oxygen atoms in total. The van der Waals surface area contributed by atoms with Crippen LogP contribution in [-0.4, -0.2) is 36.9 Å². The number of aromatic amines is 1. The molecule has 0 saturated carbocycles. The van der Waals surface area contributed by atoms with Gasteiger partial charge in [-0.15, -0.1) is 11.3 Å². The van der Waals surface area contributed by atoms with Crippen molar-refractivity contribution in [2.75, 3.05) is 6.54 Å². The Hall–Kier alpha value is -3.33. The molecular formula is C19H14FN5O2S. The Morgan fingerprint density at radius 1 is 1.29 bits per heavy atom. The van der Waals surface area contributed by atoms with E-state index in [0.29, 0.717) is 35.6 Å². The summed E-state index contributed by atoms with van der Waals surface area (Å²) in [7, 11) is 0. The molecule has 28 heavy (non-hydrogen) atoms. The lowest BCUT2D eigenvalue weighted by molar-refractivity contribution is 0.0726. The predicted molar refractivity (Wildman–Crippen MR) is 102 cm³/mol. The van der Waals surface area contributed by atoms with Crippen LogP contribution in [0.1, 0.15) is 21.7 Å². The first-order valence-corrected chi connectivity index (χ1v) is 9.56. The van der Waals surface area contributed by atoms with Crippen molar-refractivity contribution in [2.24, 2.45) is 0 Å².